The van der Waals surface area contributed by atoms with Crippen molar-refractivity contribution < 1.29 is 19.1 Å². The molecular formula is C16H20N2O4. The van der Waals surface area contributed by atoms with Crippen LogP contribution in [0.1, 0.15) is 36.0 Å². The topological polar surface area (TPSA) is 76.7 Å². The largest absolute Gasteiger partial charge is 0.491 e. The van der Waals surface area contributed by atoms with Crippen LogP contribution in [0.5, 0.6) is 5.75 Å². The number of nitrogens with one attached hydrogen (secondary N) is 2. The van der Waals surface area contributed by atoms with Crippen LogP contribution in [0.15, 0.2) is 24.3 Å². The van der Waals surface area contributed by atoms with Gasteiger partial charge in [0.25, 0.3) is 5.91 Å². The second-order valence-corrected chi connectivity index (χ2v) is 5.69. The summed E-state index contributed by atoms with van der Waals surface area (Å²) in [6.07, 6.45) is 4.08. The van der Waals surface area contributed by atoms with E-state index in [1.807, 2.05) is 0 Å². The Morgan fingerprint density at radius 1 is 1.14 bits per heavy atom. The highest BCUT2D eigenvalue weighted by Gasteiger charge is 2.29. The molecule has 118 valence electrons. The molecule has 0 aromatic heterocycles. The lowest BCUT2D eigenvalue weighted by atomic mass is 10.2. The summed E-state index contributed by atoms with van der Waals surface area (Å²) in [5, 5.41) is 0. The third-order valence-corrected chi connectivity index (χ3v) is 3.82. The van der Waals surface area contributed by atoms with Crippen LogP contribution in [0.3, 0.4) is 0 Å². The average Bonchev–Trinajstić information content (AvgIpc) is 3.27. The Kier molecular flexibility index (Phi) is 4.58. The summed E-state index contributed by atoms with van der Waals surface area (Å²) < 4.78 is 11.1. The summed E-state index contributed by atoms with van der Waals surface area (Å²) in [6.45, 7) is 1.34. The van der Waals surface area contributed by atoms with E-state index in [2.05, 4.69) is 10.9 Å². The van der Waals surface area contributed by atoms with E-state index in [0.29, 0.717) is 17.9 Å². The summed E-state index contributed by atoms with van der Waals surface area (Å²) >= 11 is 0. The standard InChI is InChI=1S/C16H20N2O4/c19-15(11-3-4-11)17-18-16(20)12-5-7-13(8-6-12)22-10-14-2-1-9-21-14/h5-8,11,14H,1-4,9-10H2,(H,17,19)(H,18,20). The molecule has 6 heteroatoms. The van der Waals surface area contributed by atoms with E-state index in [4.69, 9.17) is 9.47 Å². The van der Waals surface area contributed by atoms with Gasteiger partial charge in [0.05, 0.1) is 6.10 Å². The van der Waals surface area contributed by atoms with Crippen molar-refractivity contribution in [3.05, 3.63) is 29.8 Å². The molecule has 1 unspecified atom stereocenters. The van der Waals surface area contributed by atoms with Crippen molar-refractivity contribution in [3.8, 4) is 5.75 Å². The molecule has 1 aliphatic carbocycles. The molecule has 2 N–H and O–H groups in total. The predicted octanol–water partition coefficient (Wildman–Crippen LogP) is 1.42. The monoisotopic (exact) mass is 304 g/mol. The number of carbonyl (C=O) groups excluding carboxylic acids is 2. The Bertz CT molecular complexity index is 534. The van der Waals surface area contributed by atoms with Crippen LogP contribution in [-0.4, -0.2) is 31.1 Å². The Morgan fingerprint density at radius 2 is 1.91 bits per heavy atom. The zero-order chi connectivity index (χ0) is 15.4. The van der Waals surface area contributed by atoms with Crippen LogP contribution in [0.25, 0.3) is 0 Å². The van der Waals surface area contributed by atoms with Gasteiger partial charge in [-0.1, -0.05) is 0 Å². The third kappa shape index (κ3) is 3.98. The molecular weight excluding hydrogens is 284 g/mol. The maximum Gasteiger partial charge on any atom is 0.269 e. The van der Waals surface area contributed by atoms with Gasteiger partial charge in [-0.2, -0.15) is 0 Å². The minimum atomic E-state index is -0.334. The number of hydrogen-bond donors (Lipinski definition) is 2. The van der Waals surface area contributed by atoms with Gasteiger partial charge in [-0.25, -0.2) is 0 Å². The molecule has 0 spiro atoms. The van der Waals surface area contributed by atoms with Gasteiger partial charge >= 0.3 is 0 Å². The quantitative estimate of drug-likeness (QED) is 0.807. The zero-order valence-corrected chi connectivity index (χ0v) is 12.3. The first-order chi connectivity index (χ1) is 10.7. The first-order valence-electron chi connectivity index (χ1n) is 7.67. The first kappa shape index (κ1) is 14.8. The highest BCUT2D eigenvalue weighted by atomic mass is 16.5. The molecule has 6 nitrogen and oxygen atoms in total. The van der Waals surface area contributed by atoms with Crippen LogP contribution >= 0.6 is 0 Å². The second kappa shape index (κ2) is 6.79. The maximum absolute atomic E-state index is 11.9. The molecule has 2 fully saturated rings. The number of rotatable bonds is 5. The molecule has 1 saturated carbocycles. The molecule has 3 rings (SSSR count). The van der Waals surface area contributed by atoms with Crippen molar-refractivity contribution in [2.24, 2.45) is 5.92 Å². The molecule has 1 atom stereocenters. The normalized spacial score (nSPS) is 20.5. The van der Waals surface area contributed by atoms with Gasteiger partial charge in [0.2, 0.25) is 5.91 Å². The molecule has 2 amide bonds. The fraction of sp³-hybridized carbons (Fsp3) is 0.500. The second-order valence-electron chi connectivity index (χ2n) is 5.69. The fourth-order valence-corrected chi connectivity index (χ4v) is 2.31. The number of benzene rings is 1. The van der Waals surface area contributed by atoms with Crippen molar-refractivity contribution in [2.45, 2.75) is 31.8 Å². The molecule has 0 radical (unpaired) electrons. The van der Waals surface area contributed by atoms with Gasteiger partial charge < -0.3 is 9.47 Å². The number of hydrogen-bond acceptors (Lipinski definition) is 4. The minimum absolute atomic E-state index is 0.0638. The number of amides is 2. The van der Waals surface area contributed by atoms with Crippen LogP contribution < -0.4 is 15.6 Å². The number of ether oxygens (including phenoxy) is 2. The summed E-state index contributed by atoms with van der Waals surface area (Å²) in [6, 6.07) is 6.83. The van der Waals surface area contributed by atoms with Crippen molar-refractivity contribution >= 4 is 11.8 Å². The lowest BCUT2D eigenvalue weighted by molar-refractivity contribution is -0.123. The van der Waals surface area contributed by atoms with E-state index in [1.54, 1.807) is 24.3 Å². The minimum Gasteiger partial charge on any atom is -0.491 e. The van der Waals surface area contributed by atoms with Gasteiger partial charge in [0, 0.05) is 18.1 Å². The molecule has 22 heavy (non-hydrogen) atoms. The highest BCUT2D eigenvalue weighted by Crippen LogP contribution is 2.28. The molecule has 1 heterocycles. The average molecular weight is 304 g/mol. The van der Waals surface area contributed by atoms with Crippen molar-refractivity contribution in [1.82, 2.24) is 10.9 Å². The van der Waals surface area contributed by atoms with E-state index in [0.717, 1.165) is 32.3 Å². The lowest BCUT2D eigenvalue weighted by Crippen LogP contribution is -2.42. The summed E-state index contributed by atoms with van der Waals surface area (Å²) in [7, 11) is 0. The van der Waals surface area contributed by atoms with Crippen LogP contribution in [0, 0.1) is 5.92 Å². The van der Waals surface area contributed by atoms with Gasteiger partial charge in [-0.05, 0) is 49.9 Å². The number of hydrazine groups is 1. The van der Waals surface area contributed by atoms with Crippen LogP contribution in [-0.2, 0) is 9.53 Å². The third-order valence-electron chi connectivity index (χ3n) is 3.82. The van der Waals surface area contributed by atoms with Crippen LogP contribution in [0.2, 0.25) is 0 Å². The summed E-state index contributed by atoms with van der Waals surface area (Å²) in [5.41, 5.74) is 5.32. The number of carbonyl (C=O) groups is 2. The summed E-state index contributed by atoms with van der Waals surface area (Å²) in [4.78, 5) is 23.3. The SMILES string of the molecule is O=C(NNC(=O)C1CC1)c1ccc(OCC2CCCO2)cc1. The molecule has 1 saturated heterocycles. The van der Waals surface area contributed by atoms with E-state index in [1.165, 1.54) is 0 Å². The summed E-state index contributed by atoms with van der Waals surface area (Å²) in [5.74, 6) is 0.312. The van der Waals surface area contributed by atoms with E-state index < -0.39 is 0 Å². The Hall–Kier alpha value is -2.08. The van der Waals surface area contributed by atoms with E-state index >= 15 is 0 Å². The Morgan fingerprint density at radius 3 is 2.55 bits per heavy atom. The molecule has 1 aromatic rings. The van der Waals surface area contributed by atoms with Crippen molar-refractivity contribution in [3.63, 3.8) is 0 Å². The first-order valence-corrected chi connectivity index (χ1v) is 7.67. The van der Waals surface area contributed by atoms with Crippen molar-refractivity contribution in [2.75, 3.05) is 13.2 Å². The Labute approximate surface area is 129 Å². The maximum atomic E-state index is 11.9. The highest BCUT2D eigenvalue weighted by molar-refractivity contribution is 5.95. The van der Waals surface area contributed by atoms with Gasteiger partial charge in [0.15, 0.2) is 0 Å². The smallest absolute Gasteiger partial charge is 0.269 e. The molecule has 1 aromatic carbocycles. The van der Waals surface area contributed by atoms with E-state index in [9.17, 15) is 9.59 Å². The van der Waals surface area contributed by atoms with Gasteiger partial charge in [-0.3, -0.25) is 20.4 Å². The molecule has 1 aliphatic heterocycles. The molecule has 2 aliphatic rings. The fourth-order valence-electron chi connectivity index (χ4n) is 2.31. The van der Waals surface area contributed by atoms with Crippen LogP contribution in [0.4, 0.5) is 0 Å². The van der Waals surface area contributed by atoms with Gasteiger partial charge in [-0.15, -0.1) is 0 Å². The predicted molar refractivity (Wildman–Crippen MR) is 79.2 cm³/mol. The van der Waals surface area contributed by atoms with Crippen molar-refractivity contribution in [1.29, 1.82) is 0 Å². The van der Waals surface area contributed by atoms with E-state index in [-0.39, 0.29) is 23.8 Å². The van der Waals surface area contributed by atoms with Gasteiger partial charge in [0.1, 0.15) is 12.4 Å². The Balaban J connectivity index is 1.45. The zero-order valence-electron chi connectivity index (χ0n) is 12.3. The molecule has 0 bridgehead atoms. The lowest BCUT2D eigenvalue weighted by Gasteiger charge is -2.12.